The molecular weight excluding hydrogens is 489 g/mol. The second kappa shape index (κ2) is 12.1. The van der Waals surface area contributed by atoms with E-state index in [-0.39, 0.29) is 23.0 Å². The summed E-state index contributed by atoms with van der Waals surface area (Å²) >= 11 is 6.23. The quantitative estimate of drug-likeness (QED) is 0.256. The van der Waals surface area contributed by atoms with Gasteiger partial charge >= 0.3 is 5.97 Å². The van der Waals surface area contributed by atoms with Crippen LogP contribution in [0.5, 0.6) is 5.75 Å². The van der Waals surface area contributed by atoms with Crippen molar-refractivity contribution < 1.29 is 28.2 Å². The van der Waals surface area contributed by atoms with E-state index in [2.05, 4.69) is 15.4 Å². The molecule has 0 aliphatic carbocycles. The Morgan fingerprint density at radius 2 is 1.64 bits per heavy atom. The molecule has 0 aromatic heterocycles. The maximum atomic E-state index is 13.0. The summed E-state index contributed by atoms with van der Waals surface area (Å²) in [6, 6.07) is 17.6. The van der Waals surface area contributed by atoms with Crippen molar-refractivity contribution in [3.63, 3.8) is 0 Å². The smallest absolute Gasteiger partial charge is 0.337 e. The van der Waals surface area contributed by atoms with Gasteiger partial charge in [-0.2, -0.15) is 5.26 Å². The van der Waals surface area contributed by atoms with E-state index < -0.39 is 23.6 Å². The van der Waals surface area contributed by atoms with E-state index in [9.17, 15) is 24.0 Å². The summed E-state index contributed by atoms with van der Waals surface area (Å²) < 4.78 is 23.0. The minimum atomic E-state index is -0.655. The lowest BCUT2D eigenvalue weighted by Crippen LogP contribution is -2.20. The topological polar surface area (TPSA) is 118 Å². The lowest BCUT2D eigenvalue weighted by atomic mass is 10.1. The van der Waals surface area contributed by atoms with Gasteiger partial charge in [0.2, 0.25) is 0 Å². The number of anilines is 2. The van der Waals surface area contributed by atoms with Gasteiger partial charge in [-0.05, 0) is 72.3 Å². The minimum absolute atomic E-state index is 0.162. The number of carbonyl (C=O) groups excluding carboxylic acids is 3. The van der Waals surface area contributed by atoms with Crippen LogP contribution in [0.1, 0.15) is 15.9 Å². The van der Waals surface area contributed by atoms with Gasteiger partial charge in [-0.25, -0.2) is 9.18 Å². The predicted octanol–water partition coefficient (Wildman–Crippen LogP) is 4.83. The van der Waals surface area contributed by atoms with Crippen molar-refractivity contribution in [3.8, 4) is 11.8 Å². The van der Waals surface area contributed by atoms with Crippen LogP contribution < -0.4 is 15.4 Å². The van der Waals surface area contributed by atoms with Crippen LogP contribution >= 0.6 is 11.6 Å². The fourth-order valence-corrected chi connectivity index (χ4v) is 3.16. The van der Waals surface area contributed by atoms with Crippen LogP contribution in [0.25, 0.3) is 6.08 Å². The van der Waals surface area contributed by atoms with Gasteiger partial charge in [-0.3, -0.25) is 9.59 Å². The first-order valence-corrected chi connectivity index (χ1v) is 10.8. The summed E-state index contributed by atoms with van der Waals surface area (Å²) in [5, 5.41) is 14.7. The molecule has 8 nitrogen and oxygen atoms in total. The number of rotatable bonds is 8. The molecule has 0 unspecified atom stereocenters. The zero-order valence-electron chi connectivity index (χ0n) is 18.9. The highest BCUT2D eigenvalue weighted by Crippen LogP contribution is 2.26. The van der Waals surface area contributed by atoms with Gasteiger partial charge in [0.25, 0.3) is 11.8 Å². The number of halogens is 2. The molecule has 0 spiro atoms. The highest BCUT2D eigenvalue weighted by Gasteiger charge is 2.12. The highest BCUT2D eigenvalue weighted by molar-refractivity contribution is 6.32. The number of carbonyl (C=O) groups is 3. The van der Waals surface area contributed by atoms with E-state index >= 15 is 0 Å². The lowest BCUT2D eigenvalue weighted by Gasteiger charge is -2.10. The molecule has 3 rings (SSSR count). The maximum absolute atomic E-state index is 13.0. The van der Waals surface area contributed by atoms with Gasteiger partial charge < -0.3 is 20.1 Å². The third kappa shape index (κ3) is 7.16. The Labute approximate surface area is 210 Å². The fraction of sp³-hybridized carbons (Fsp3) is 0.0769. The van der Waals surface area contributed by atoms with Crippen LogP contribution in [-0.4, -0.2) is 31.5 Å². The van der Waals surface area contributed by atoms with Crippen molar-refractivity contribution in [2.24, 2.45) is 0 Å². The summed E-state index contributed by atoms with van der Waals surface area (Å²) in [5.41, 5.74) is 1.38. The standard InChI is InChI=1S/C26H19ClFN3O5/c1-35-26(34)17-3-7-21(8-4-17)31-25(33)18(14-29)12-16-2-11-23(22(27)13-16)36-15-24(32)30-20-9-5-19(28)6-10-20/h2-13H,15H2,1H3,(H,30,32)(H,31,33)/b18-12-. The monoisotopic (exact) mass is 507 g/mol. The molecular formula is C26H19ClFN3O5. The van der Waals surface area contributed by atoms with E-state index in [4.69, 9.17) is 16.3 Å². The van der Waals surface area contributed by atoms with Crippen LogP contribution in [0.4, 0.5) is 15.8 Å². The van der Waals surface area contributed by atoms with Gasteiger partial charge in [0.15, 0.2) is 6.61 Å². The van der Waals surface area contributed by atoms with Crippen molar-refractivity contribution in [3.05, 3.63) is 94.3 Å². The van der Waals surface area contributed by atoms with Gasteiger partial charge in [0, 0.05) is 11.4 Å². The molecule has 3 aromatic rings. The molecule has 0 radical (unpaired) electrons. The zero-order valence-corrected chi connectivity index (χ0v) is 19.6. The van der Waals surface area contributed by atoms with Crippen molar-refractivity contribution in [1.29, 1.82) is 5.26 Å². The summed E-state index contributed by atoms with van der Waals surface area (Å²) in [7, 11) is 1.26. The number of ether oxygens (including phenoxy) is 2. The molecule has 2 amide bonds. The van der Waals surface area contributed by atoms with Gasteiger partial charge in [-0.1, -0.05) is 17.7 Å². The van der Waals surface area contributed by atoms with E-state index in [1.807, 2.05) is 6.07 Å². The zero-order chi connectivity index (χ0) is 26.1. The molecule has 0 bridgehead atoms. The number of hydrogen-bond donors (Lipinski definition) is 2. The first-order valence-electron chi connectivity index (χ1n) is 10.4. The SMILES string of the molecule is COC(=O)c1ccc(NC(=O)/C(C#N)=C\c2ccc(OCC(=O)Nc3ccc(F)cc3)c(Cl)c2)cc1. The Kier molecular flexibility index (Phi) is 8.75. The number of nitrogens with zero attached hydrogens (tertiary/aromatic N) is 1. The Balaban J connectivity index is 1.61. The summed E-state index contributed by atoms with van der Waals surface area (Å²) in [6.07, 6.45) is 1.34. The van der Waals surface area contributed by atoms with Crippen molar-refractivity contribution >= 4 is 46.8 Å². The normalized spacial score (nSPS) is 10.7. The second-order valence-electron chi connectivity index (χ2n) is 7.23. The highest BCUT2D eigenvalue weighted by atomic mass is 35.5. The Bertz CT molecular complexity index is 1350. The number of esters is 1. The molecule has 3 aromatic carbocycles. The molecule has 2 N–H and O–H groups in total. The predicted molar refractivity (Wildman–Crippen MR) is 132 cm³/mol. The molecule has 36 heavy (non-hydrogen) atoms. The molecule has 182 valence electrons. The molecule has 0 atom stereocenters. The molecule has 0 fully saturated rings. The molecule has 0 aliphatic rings. The first kappa shape index (κ1) is 25.9. The average Bonchev–Trinajstić information content (AvgIpc) is 2.88. The number of amides is 2. The van der Waals surface area contributed by atoms with Gasteiger partial charge in [0.1, 0.15) is 23.2 Å². The fourth-order valence-electron chi connectivity index (χ4n) is 2.92. The lowest BCUT2D eigenvalue weighted by molar-refractivity contribution is -0.118. The summed E-state index contributed by atoms with van der Waals surface area (Å²) in [4.78, 5) is 36.0. The van der Waals surface area contributed by atoms with Crippen molar-refractivity contribution in [1.82, 2.24) is 0 Å². The third-order valence-corrected chi connectivity index (χ3v) is 4.98. The third-order valence-electron chi connectivity index (χ3n) is 4.68. The Hall–Kier alpha value is -4.68. The van der Waals surface area contributed by atoms with Gasteiger partial charge in [0.05, 0.1) is 17.7 Å². The number of hydrogen-bond acceptors (Lipinski definition) is 6. The Morgan fingerprint density at radius 1 is 1.00 bits per heavy atom. The number of nitrogens with one attached hydrogen (secondary N) is 2. The molecule has 0 saturated carbocycles. The molecule has 0 heterocycles. The van der Waals surface area contributed by atoms with Crippen LogP contribution in [-0.2, 0) is 14.3 Å². The average molecular weight is 508 g/mol. The van der Waals surface area contributed by atoms with E-state index in [1.54, 1.807) is 6.07 Å². The first-order chi connectivity index (χ1) is 17.3. The van der Waals surface area contributed by atoms with Crippen LogP contribution in [0.2, 0.25) is 5.02 Å². The maximum Gasteiger partial charge on any atom is 0.337 e. The summed E-state index contributed by atoms with van der Waals surface area (Å²) in [6.45, 7) is -0.340. The summed E-state index contributed by atoms with van der Waals surface area (Å²) in [5.74, 6) is -1.83. The largest absolute Gasteiger partial charge is 0.482 e. The number of benzene rings is 3. The molecule has 10 heteroatoms. The Morgan fingerprint density at radius 3 is 2.25 bits per heavy atom. The number of methoxy groups -OCH3 is 1. The van der Waals surface area contributed by atoms with Crippen LogP contribution in [0.15, 0.2) is 72.3 Å². The van der Waals surface area contributed by atoms with E-state index in [0.29, 0.717) is 22.5 Å². The number of nitriles is 1. The van der Waals surface area contributed by atoms with Crippen molar-refractivity contribution in [2.45, 2.75) is 0 Å². The molecule has 0 saturated heterocycles. The van der Waals surface area contributed by atoms with Crippen molar-refractivity contribution in [2.75, 3.05) is 24.4 Å². The van der Waals surface area contributed by atoms with Crippen LogP contribution in [0, 0.1) is 17.1 Å². The second-order valence-corrected chi connectivity index (χ2v) is 7.63. The van der Waals surface area contributed by atoms with E-state index in [0.717, 1.165) is 0 Å². The molecule has 0 aliphatic heterocycles. The minimum Gasteiger partial charge on any atom is -0.482 e. The van der Waals surface area contributed by atoms with E-state index in [1.165, 1.54) is 73.8 Å². The van der Waals surface area contributed by atoms with Crippen LogP contribution in [0.3, 0.4) is 0 Å². The van der Waals surface area contributed by atoms with Gasteiger partial charge in [-0.15, -0.1) is 0 Å².